The number of benzene rings is 2. The zero-order valence-electron chi connectivity index (χ0n) is 14.9. The van der Waals surface area contributed by atoms with Crippen molar-refractivity contribution in [2.75, 3.05) is 4.90 Å². The number of rotatable bonds is 3. The van der Waals surface area contributed by atoms with E-state index < -0.39 is 29.6 Å². The van der Waals surface area contributed by atoms with E-state index in [1.54, 1.807) is 13.8 Å². The molecule has 0 spiro atoms. The predicted octanol–water partition coefficient (Wildman–Crippen LogP) is 2.19. The van der Waals surface area contributed by atoms with E-state index in [0.29, 0.717) is 0 Å². The van der Waals surface area contributed by atoms with Gasteiger partial charge < -0.3 is 5.11 Å². The lowest BCUT2D eigenvalue weighted by Gasteiger charge is -2.17. The maximum Gasteiger partial charge on any atom is 0.335 e. The molecule has 0 atom stereocenters. The SMILES string of the molecule is CC(C)N1C(=O)c2ccc(N3C(=O)c4ccc(C(=O)O)cc4C3=O)cc2C1=O. The Hall–Kier alpha value is -3.81. The molecule has 2 heterocycles. The van der Waals surface area contributed by atoms with Gasteiger partial charge in [-0.3, -0.25) is 24.1 Å². The lowest BCUT2D eigenvalue weighted by atomic mass is 10.1. The quantitative estimate of drug-likeness (QED) is 0.820. The van der Waals surface area contributed by atoms with Crippen molar-refractivity contribution in [3.8, 4) is 0 Å². The number of aromatic carboxylic acids is 1. The first-order valence-corrected chi connectivity index (χ1v) is 8.50. The number of hydrogen-bond acceptors (Lipinski definition) is 5. The van der Waals surface area contributed by atoms with Crippen LogP contribution < -0.4 is 4.90 Å². The smallest absolute Gasteiger partial charge is 0.335 e. The van der Waals surface area contributed by atoms with Crippen molar-refractivity contribution in [2.45, 2.75) is 19.9 Å². The van der Waals surface area contributed by atoms with Crippen LogP contribution in [0.4, 0.5) is 5.69 Å². The van der Waals surface area contributed by atoms with Gasteiger partial charge in [0.15, 0.2) is 0 Å². The van der Waals surface area contributed by atoms with E-state index in [9.17, 15) is 24.0 Å². The Morgan fingerprint density at radius 3 is 1.96 bits per heavy atom. The van der Waals surface area contributed by atoms with E-state index in [4.69, 9.17) is 5.11 Å². The summed E-state index contributed by atoms with van der Waals surface area (Å²) in [7, 11) is 0. The maximum atomic E-state index is 12.8. The fourth-order valence-corrected chi connectivity index (χ4v) is 3.46. The summed E-state index contributed by atoms with van der Waals surface area (Å²) in [5, 5.41) is 9.10. The summed E-state index contributed by atoms with van der Waals surface area (Å²) >= 11 is 0. The summed E-state index contributed by atoms with van der Waals surface area (Å²) in [5.74, 6) is -3.41. The number of carbonyl (C=O) groups excluding carboxylic acids is 4. The summed E-state index contributed by atoms with van der Waals surface area (Å²) in [6, 6.07) is 7.55. The molecule has 0 unspecified atom stereocenters. The van der Waals surface area contributed by atoms with Crippen LogP contribution >= 0.6 is 0 Å². The minimum absolute atomic E-state index is 0.0170. The molecule has 2 aromatic rings. The van der Waals surface area contributed by atoms with Crippen LogP contribution in [0.25, 0.3) is 0 Å². The summed E-state index contributed by atoms with van der Waals surface area (Å²) in [5.41, 5.74) is 0.446. The second-order valence-corrected chi connectivity index (χ2v) is 6.82. The van der Waals surface area contributed by atoms with Crippen LogP contribution in [0.15, 0.2) is 36.4 Å². The van der Waals surface area contributed by atoms with Gasteiger partial charge in [0.2, 0.25) is 0 Å². The highest BCUT2D eigenvalue weighted by Gasteiger charge is 2.41. The lowest BCUT2D eigenvalue weighted by Crippen LogP contribution is -2.35. The third-order valence-corrected chi connectivity index (χ3v) is 4.81. The van der Waals surface area contributed by atoms with Crippen LogP contribution in [0.1, 0.15) is 65.6 Å². The molecular weight excluding hydrogens is 364 g/mol. The van der Waals surface area contributed by atoms with Gasteiger partial charge in [-0.15, -0.1) is 0 Å². The average molecular weight is 378 g/mol. The molecular formula is C20H14N2O6. The standard InChI is InChI=1S/C20H14N2O6/c1-9(2)21-16(23)13-6-4-11(8-15(13)18(21)25)22-17(24)12-5-3-10(20(27)28)7-14(12)19(22)26/h3-9H,1-2H3,(H,27,28). The number of carboxylic acid groups (broad SMARTS) is 1. The second kappa shape index (κ2) is 5.85. The Labute approximate surface area is 159 Å². The zero-order chi connectivity index (χ0) is 20.3. The molecule has 0 aromatic heterocycles. The van der Waals surface area contributed by atoms with Crippen LogP contribution in [0.2, 0.25) is 0 Å². The Bertz CT molecular complexity index is 1120. The second-order valence-electron chi connectivity index (χ2n) is 6.82. The third-order valence-electron chi connectivity index (χ3n) is 4.81. The van der Waals surface area contributed by atoms with Crippen molar-refractivity contribution in [3.05, 3.63) is 64.2 Å². The molecule has 28 heavy (non-hydrogen) atoms. The third kappa shape index (κ3) is 2.27. The van der Waals surface area contributed by atoms with Gasteiger partial charge in [0.05, 0.1) is 33.5 Å². The maximum absolute atomic E-state index is 12.8. The predicted molar refractivity (Wildman–Crippen MR) is 96.6 cm³/mol. The highest BCUT2D eigenvalue weighted by Crippen LogP contribution is 2.33. The molecule has 0 bridgehead atoms. The normalized spacial score (nSPS) is 15.5. The van der Waals surface area contributed by atoms with Gasteiger partial charge in [-0.1, -0.05) is 0 Å². The van der Waals surface area contributed by atoms with Crippen molar-refractivity contribution < 1.29 is 29.1 Å². The molecule has 140 valence electrons. The van der Waals surface area contributed by atoms with Crippen LogP contribution in [0, 0.1) is 0 Å². The number of nitrogens with zero attached hydrogens (tertiary/aromatic N) is 2. The van der Waals surface area contributed by atoms with Crippen LogP contribution in [0.5, 0.6) is 0 Å². The van der Waals surface area contributed by atoms with E-state index in [0.717, 1.165) is 15.9 Å². The molecule has 0 radical (unpaired) electrons. The fraction of sp³-hybridized carbons (Fsp3) is 0.150. The average Bonchev–Trinajstić information content (AvgIpc) is 3.05. The summed E-state index contributed by atoms with van der Waals surface area (Å²) < 4.78 is 0. The molecule has 2 aliphatic rings. The summed E-state index contributed by atoms with van der Waals surface area (Å²) in [6.45, 7) is 3.43. The molecule has 4 rings (SSSR count). The Morgan fingerprint density at radius 2 is 1.32 bits per heavy atom. The van der Waals surface area contributed by atoms with Gasteiger partial charge in [-0.05, 0) is 50.2 Å². The van der Waals surface area contributed by atoms with Crippen LogP contribution in [-0.2, 0) is 0 Å². The highest BCUT2D eigenvalue weighted by molar-refractivity contribution is 6.35. The minimum Gasteiger partial charge on any atom is -0.478 e. The van der Waals surface area contributed by atoms with Crippen LogP contribution in [0.3, 0.4) is 0 Å². The Kier molecular flexibility index (Phi) is 3.67. The molecule has 8 nitrogen and oxygen atoms in total. The molecule has 8 heteroatoms. The van der Waals surface area contributed by atoms with Crippen LogP contribution in [-0.4, -0.2) is 45.6 Å². The summed E-state index contributed by atoms with van der Waals surface area (Å²) in [4.78, 5) is 63.6. The van der Waals surface area contributed by atoms with Crippen molar-refractivity contribution in [3.63, 3.8) is 0 Å². The zero-order valence-corrected chi connectivity index (χ0v) is 14.9. The monoisotopic (exact) mass is 378 g/mol. The molecule has 2 aliphatic heterocycles. The molecule has 2 aromatic carbocycles. The minimum atomic E-state index is -1.21. The number of carboxylic acids is 1. The molecule has 0 saturated carbocycles. The van der Waals surface area contributed by atoms with Gasteiger partial charge in [0.1, 0.15) is 0 Å². The largest absolute Gasteiger partial charge is 0.478 e. The van der Waals surface area contributed by atoms with Crippen molar-refractivity contribution in [2.24, 2.45) is 0 Å². The van der Waals surface area contributed by atoms with E-state index in [1.165, 1.54) is 30.3 Å². The molecule has 4 amide bonds. The number of fused-ring (bicyclic) bond motifs is 2. The van der Waals surface area contributed by atoms with Gasteiger partial charge in [0, 0.05) is 6.04 Å². The van der Waals surface area contributed by atoms with Gasteiger partial charge in [0.25, 0.3) is 23.6 Å². The number of anilines is 1. The van der Waals surface area contributed by atoms with Crippen molar-refractivity contribution in [1.82, 2.24) is 4.90 Å². The highest BCUT2D eigenvalue weighted by atomic mass is 16.4. The van der Waals surface area contributed by atoms with E-state index in [1.807, 2.05) is 0 Å². The van der Waals surface area contributed by atoms with Crippen molar-refractivity contribution >= 4 is 35.3 Å². The number of amides is 4. The lowest BCUT2D eigenvalue weighted by molar-refractivity contribution is 0.0606. The van der Waals surface area contributed by atoms with Gasteiger partial charge in [-0.2, -0.15) is 0 Å². The number of hydrogen-bond donors (Lipinski definition) is 1. The first-order valence-electron chi connectivity index (χ1n) is 8.50. The van der Waals surface area contributed by atoms with E-state index >= 15 is 0 Å². The van der Waals surface area contributed by atoms with E-state index in [-0.39, 0.29) is 39.5 Å². The number of carbonyl (C=O) groups is 5. The molecule has 0 aliphatic carbocycles. The molecule has 0 saturated heterocycles. The number of imide groups is 2. The molecule has 0 fully saturated rings. The van der Waals surface area contributed by atoms with Gasteiger partial charge >= 0.3 is 5.97 Å². The first kappa shape index (κ1) is 17.6. The van der Waals surface area contributed by atoms with Crippen molar-refractivity contribution in [1.29, 1.82) is 0 Å². The summed E-state index contributed by atoms with van der Waals surface area (Å²) in [6.07, 6.45) is 0. The first-order chi connectivity index (χ1) is 13.2. The molecule has 1 N–H and O–H groups in total. The van der Waals surface area contributed by atoms with E-state index in [2.05, 4.69) is 0 Å². The fourth-order valence-electron chi connectivity index (χ4n) is 3.46. The topological polar surface area (TPSA) is 112 Å². The van der Waals surface area contributed by atoms with Gasteiger partial charge in [-0.25, -0.2) is 9.69 Å². The Morgan fingerprint density at radius 1 is 0.786 bits per heavy atom. The Balaban J connectivity index is 1.77.